The van der Waals surface area contributed by atoms with E-state index in [4.69, 9.17) is 0 Å². The Morgan fingerprint density at radius 3 is 2.35 bits per heavy atom. The lowest BCUT2D eigenvalue weighted by Crippen LogP contribution is -2.43. The van der Waals surface area contributed by atoms with Crippen molar-refractivity contribution in [2.24, 2.45) is 0 Å². The number of rotatable bonds is 3. The normalized spacial score (nSPS) is 15.8. The number of nitrogens with one attached hydrogen (secondary N) is 1. The van der Waals surface area contributed by atoms with E-state index in [1.165, 1.54) is 17.1 Å². The molecular formula is C16H22N4. The molecule has 1 aliphatic heterocycles. The van der Waals surface area contributed by atoms with E-state index < -0.39 is 0 Å². The standard InChI is InChI=1S/C16H22N4/c1-13(2)16-11-18-12-20(16)15-5-3-14(4-6-15)19-9-7-17-8-10-19/h3-6,11-13,17H,7-10H2,1-2H3. The first-order valence-corrected chi connectivity index (χ1v) is 7.34. The third kappa shape index (κ3) is 2.56. The highest BCUT2D eigenvalue weighted by Gasteiger charge is 2.11. The number of nitrogens with zero attached hydrogens (tertiary/aromatic N) is 3. The Kier molecular flexibility index (Phi) is 3.74. The lowest BCUT2D eigenvalue weighted by atomic mass is 10.1. The maximum absolute atomic E-state index is 4.28. The van der Waals surface area contributed by atoms with Gasteiger partial charge < -0.3 is 14.8 Å². The summed E-state index contributed by atoms with van der Waals surface area (Å²) >= 11 is 0. The summed E-state index contributed by atoms with van der Waals surface area (Å²) in [4.78, 5) is 6.70. The molecule has 0 bridgehead atoms. The molecule has 0 atom stereocenters. The summed E-state index contributed by atoms with van der Waals surface area (Å²) in [6.07, 6.45) is 3.85. The van der Waals surface area contributed by atoms with Gasteiger partial charge in [-0.05, 0) is 30.2 Å². The average Bonchev–Trinajstić information content (AvgIpc) is 2.98. The molecule has 1 aliphatic rings. The topological polar surface area (TPSA) is 33.1 Å². The smallest absolute Gasteiger partial charge is 0.0994 e. The van der Waals surface area contributed by atoms with Crippen LogP contribution in [0.4, 0.5) is 5.69 Å². The SMILES string of the molecule is CC(C)c1cncn1-c1ccc(N2CCNCC2)cc1. The van der Waals surface area contributed by atoms with Crippen LogP contribution in [0.1, 0.15) is 25.5 Å². The molecule has 1 aromatic heterocycles. The first-order valence-electron chi connectivity index (χ1n) is 7.34. The van der Waals surface area contributed by atoms with Crippen LogP contribution in [0, 0.1) is 0 Å². The van der Waals surface area contributed by atoms with Crippen LogP contribution in [-0.4, -0.2) is 35.7 Å². The minimum Gasteiger partial charge on any atom is -0.369 e. The molecule has 4 heteroatoms. The second kappa shape index (κ2) is 5.67. The van der Waals surface area contributed by atoms with Gasteiger partial charge in [-0.1, -0.05) is 13.8 Å². The molecule has 0 aliphatic carbocycles. The van der Waals surface area contributed by atoms with E-state index in [2.05, 4.69) is 57.9 Å². The van der Waals surface area contributed by atoms with Gasteiger partial charge in [-0.15, -0.1) is 0 Å². The van der Waals surface area contributed by atoms with Gasteiger partial charge in [-0.2, -0.15) is 0 Å². The van der Waals surface area contributed by atoms with Crippen molar-refractivity contribution in [2.45, 2.75) is 19.8 Å². The largest absolute Gasteiger partial charge is 0.369 e. The Hall–Kier alpha value is -1.81. The molecule has 4 nitrogen and oxygen atoms in total. The van der Waals surface area contributed by atoms with Crippen LogP contribution >= 0.6 is 0 Å². The molecule has 20 heavy (non-hydrogen) atoms. The third-order valence-corrected chi connectivity index (χ3v) is 3.87. The number of aromatic nitrogens is 2. The van der Waals surface area contributed by atoms with Crippen molar-refractivity contribution < 1.29 is 0 Å². The summed E-state index contributed by atoms with van der Waals surface area (Å²) in [5.41, 5.74) is 3.74. The summed E-state index contributed by atoms with van der Waals surface area (Å²) in [6, 6.07) is 8.80. The molecule has 2 aromatic rings. The molecular weight excluding hydrogens is 248 g/mol. The average molecular weight is 270 g/mol. The number of hydrogen-bond acceptors (Lipinski definition) is 3. The fourth-order valence-electron chi connectivity index (χ4n) is 2.70. The Morgan fingerprint density at radius 1 is 1.05 bits per heavy atom. The van der Waals surface area contributed by atoms with Gasteiger partial charge >= 0.3 is 0 Å². The van der Waals surface area contributed by atoms with Gasteiger partial charge in [-0.3, -0.25) is 0 Å². The van der Waals surface area contributed by atoms with E-state index in [9.17, 15) is 0 Å². The van der Waals surface area contributed by atoms with Gasteiger partial charge in [0.1, 0.15) is 0 Å². The van der Waals surface area contributed by atoms with Crippen LogP contribution in [0.3, 0.4) is 0 Å². The molecule has 1 aromatic carbocycles. The molecule has 1 saturated heterocycles. The Morgan fingerprint density at radius 2 is 1.70 bits per heavy atom. The number of hydrogen-bond donors (Lipinski definition) is 1. The molecule has 0 spiro atoms. The number of anilines is 1. The van der Waals surface area contributed by atoms with E-state index in [-0.39, 0.29) is 0 Å². The van der Waals surface area contributed by atoms with Gasteiger partial charge in [0.15, 0.2) is 0 Å². The van der Waals surface area contributed by atoms with Crippen molar-refractivity contribution in [2.75, 3.05) is 31.1 Å². The van der Waals surface area contributed by atoms with Crippen molar-refractivity contribution in [3.63, 3.8) is 0 Å². The zero-order chi connectivity index (χ0) is 13.9. The zero-order valence-electron chi connectivity index (χ0n) is 12.2. The van der Waals surface area contributed by atoms with Gasteiger partial charge in [0, 0.05) is 49.4 Å². The van der Waals surface area contributed by atoms with E-state index in [0.717, 1.165) is 26.2 Å². The molecule has 106 valence electrons. The lowest BCUT2D eigenvalue weighted by Gasteiger charge is -2.29. The summed E-state index contributed by atoms with van der Waals surface area (Å²) in [5.74, 6) is 0.477. The van der Waals surface area contributed by atoms with E-state index in [1.807, 2.05) is 12.5 Å². The van der Waals surface area contributed by atoms with Crippen LogP contribution in [0.15, 0.2) is 36.8 Å². The third-order valence-electron chi connectivity index (χ3n) is 3.87. The highest BCUT2D eigenvalue weighted by Crippen LogP contribution is 2.22. The molecule has 1 fully saturated rings. The lowest BCUT2D eigenvalue weighted by molar-refractivity contribution is 0.589. The maximum Gasteiger partial charge on any atom is 0.0994 e. The first kappa shape index (κ1) is 13.2. The Labute approximate surface area is 120 Å². The molecule has 0 radical (unpaired) electrons. The second-order valence-corrected chi connectivity index (χ2v) is 5.60. The monoisotopic (exact) mass is 270 g/mol. The molecule has 0 amide bonds. The minimum absolute atomic E-state index is 0.477. The van der Waals surface area contributed by atoms with Gasteiger partial charge in [-0.25, -0.2) is 4.98 Å². The van der Waals surface area contributed by atoms with Gasteiger partial charge in [0.25, 0.3) is 0 Å². The maximum atomic E-state index is 4.28. The van der Waals surface area contributed by atoms with Crippen LogP contribution in [0.2, 0.25) is 0 Å². The number of benzene rings is 1. The van der Waals surface area contributed by atoms with E-state index in [0.29, 0.717) is 5.92 Å². The highest BCUT2D eigenvalue weighted by molar-refractivity contribution is 5.51. The fraction of sp³-hybridized carbons (Fsp3) is 0.438. The Balaban J connectivity index is 1.83. The first-order chi connectivity index (χ1) is 9.75. The van der Waals surface area contributed by atoms with Crippen LogP contribution in [-0.2, 0) is 0 Å². The summed E-state index contributed by atoms with van der Waals surface area (Å²) in [7, 11) is 0. The molecule has 1 N–H and O–H groups in total. The highest BCUT2D eigenvalue weighted by atomic mass is 15.2. The predicted molar refractivity (Wildman–Crippen MR) is 82.7 cm³/mol. The van der Waals surface area contributed by atoms with Crippen molar-refractivity contribution in [3.05, 3.63) is 42.5 Å². The molecule has 2 heterocycles. The van der Waals surface area contributed by atoms with E-state index in [1.54, 1.807) is 0 Å². The quantitative estimate of drug-likeness (QED) is 0.929. The molecule has 0 saturated carbocycles. The zero-order valence-corrected chi connectivity index (χ0v) is 12.2. The van der Waals surface area contributed by atoms with E-state index >= 15 is 0 Å². The summed E-state index contributed by atoms with van der Waals surface area (Å²) in [5, 5.41) is 3.38. The van der Waals surface area contributed by atoms with Crippen molar-refractivity contribution in [1.82, 2.24) is 14.9 Å². The predicted octanol–water partition coefficient (Wildman–Crippen LogP) is 2.41. The van der Waals surface area contributed by atoms with Crippen LogP contribution < -0.4 is 10.2 Å². The fourth-order valence-corrected chi connectivity index (χ4v) is 2.70. The van der Waals surface area contributed by atoms with Gasteiger partial charge in [0.05, 0.1) is 6.33 Å². The number of piperazine rings is 1. The molecule has 3 rings (SSSR count). The number of imidazole rings is 1. The van der Waals surface area contributed by atoms with Gasteiger partial charge in [0.2, 0.25) is 0 Å². The van der Waals surface area contributed by atoms with Crippen LogP contribution in [0.25, 0.3) is 5.69 Å². The Bertz CT molecular complexity index is 550. The summed E-state index contributed by atoms with van der Waals surface area (Å²) in [6.45, 7) is 8.70. The van der Waals surface area contributed by atoms with Crippen molar-refractivity contribution in [1.29, 1.82) is 0 Å². The van der Waals surface area contributed by atoms with Crippen molar-refractivity contribution in [3.8, 4) is 5.69 Å². The van der Waals surface area contributed by atoms with Crippen molar-refractivity contribution >= 4 is 5.69 Å². The summed E-state index contributed by atoms with van der Waals surface area (Å²) < 4.78 is 2.17. The minimum atomic E-state index is 0.477. The van der Waals surface area contributed by atoms with Crippen LogP contribution in [0.5, 0.6) is 0 Å². The second-order valence-electron chi connectivity index (χ2n) is 5.60. The molecule has 0 unspecified atom stereocenters.